The van der Waals surface area contributed by atoms with Crippen LogP contribution in [0.1, 0.15) is 26.2 Å². The molecule has 1 atom stereocenters. The molecule has 0 aromatic heterocycles. The predicted octanol–water partition coefficient (Wildman–Crippen LogP) is 0.626. The zero-order chi connectivity index (χ0) is 9.42. The van der Waals surface area contributed by atoms with E-state index in [1.165, 1.54) is 0 Å². The lowest BCUT2D eigenvalue weighted by atomic mass is 9.81. The van der Waals surface area contributed by atoms with Crippen molar-refractivity contribution in [2.75, 3.05) is 13.2 Å². The second kappa shape index (κ2) is 3.29. The van der Waals surface area contributed by atoms with Crippen molar-refractivity contribution >= 4 is 5.91 Å². The molecule has 0 bridgehead atoms. The lowest BCUT2D eigenvalue weighted by molar-refractivity contribution is -0.131. The second-order valence-electron chi connectivity index (χ2n) is 4.53. The van der Waals surface area contributed by atoms with Crippen LogP contribution in [0, 0.1) is 11.8 Å². The fourth-order valence-corrected chi connectivity index (χ4v) is 2.40. The van der Waals surface area contributed by atoms with E-state index in [1.807, 2.05) is 4.90 Å². The predicted molar refractivity (Wildman–Crippen MR) is 49.1 cm³/mol. The lowest BCUT2D eigenvalue weighted by Gasteiger charge is -2.39. The molecule has 0 spiro atoms. The van der Waals surface area contributed by atoms with Gasteiger partial charge in [-0.2, -0.15) is 0 Å². The Labute approximate surface area is 78.7 Å². The summed E-state index contributed by atoms with van der Waals surface area (Å²) < 4.78 is 0. The zero-order valence-electron chi connectivity index (χ0n) is 8.07. The van der Waals surface area contributed by atoms with Gasteiger partial charge in [0.05, 0.1) is 0 Å². The third-order valence-corrected chi connectivity index (χ3v) is 3.29. The minimum atomic E-state index is 0.157. The summed E-state index contributed by atoms with van der Waals surface area (Å²) in [6, 6.07) is 0.485. The first kappa shape index (κ1) is 9.00. The summed E-state index contributed by atoms with van der Waals surface area (Å²) in [5, 5.41) is 8.95. The maximum Gasteiger partial charge on any atom is 0.223 e. The Kier molecular flexibility index (Phi) is 2.28. The van der Waals surface area contributed by atoms with Gasteiger partial charge in [0.15, 0.2) is 0 Å². The van der Waals surface area contributed by atoms with Crippen molar-refractivity contribution in [1.29, 1.82) is 0 Å². The van der Waals surface area contributed by atoms with Crippen LogP contribution in [0.3, 0.4) is 0 Å². The van der Waals surface area contributed by atoms with Gasteiger partial charge in [-0.1, -0.05) is 6.92 Å². The maximum atomic E-state index is 11.5. The zero-order valence-corrected chi connectivity index (χ0v) is 8.07. The van der Waals surface area contributed by atoms with E-state index in [0.29, 0.717) is 12.5 Å². The number of likely N-dealkylation sites (tertiary alicyclic amines) is 1. The highest BCUT2D eigenvalue weighted by Crippen LogP contribution is 2.34. The molecule has 0 aromatic carbocycles. The first-order chi connectivity index (χ1) is 6.20. The van der Waals surface area contributed by atoms with Gasteiger partial charge in [-0.15, -0.1) is 0 Å². The van der Waals surface area contributed by atoms with Gasteiger partial charge >= 0.3 is 0 Å². The Morgan fingerprint density at radius 3 is 2.69 bits per heavy atom. The average molecular weight is 183 g/mol. The van der Waals surface area contributed by atoms with E-state index in [-0.39, 0.29) is 18.4 Å². The monoisotopic (exact) mass is 183 g/mol. The Hall–Kier alpha value is -0.570. The molecule has 13 heavy (non-hydrogen) atoms. The van der Waals surface area contributed by atoms with Gasteiger partial charge in [0.1, 0.15) is 0 Å². The number of hydrogen-bond donors (Lipinski definition) is 1. The quantitative estimate of drug-likeness (QED) is 0.682. The third-order valence-electron chi connectivity index (χ3n) is 3.29. The van der Waals surface area contributed by atoms with Gasteiger partial charge in [-0.05, 0) is 18.8 Å². The van der Waals surface area contributed by atoms with Crippen molar-refractivity contribution in [3.05, 3.63) is 0 Å². The molecule has 2 fully saturated rings. The molecule has 74 valence electrons. The first-order valence-electron chi connectivity index (χ1n) is 5.11. The number of amides is 1. The lowest BCUT2D eigenvalue weighted by Crippen LogP contribution is -2.44. The van der Waals surface area contributed by atoms with Crippen molar-refractivity contribution in [2.45, 2.75) is 32.2 Å². The summed E-state index contributed by atoms with van der Waals surface area (Å²) in [5.74, 6) is 1.23. The first-order valence-corrected chi connectivity index (χ1v) is 5.11. The van der Waals surface area contributed by atoms with Crippen molar-refractivity contribution in [3.63, 3.8) is 0 Å². The van der Waals surface area contributed by atoms with Crippen LogP contribution in [0.4, 0.5) is 0 Å². The van der Waals surface area contributed by atoms with Gasteiger partial charge in [0, 0.05) is 31.5 Å². The van der Waals surface area contributed by atoms with Crippen LogP contribution in [-0.2, 0) is 4.79 Å². The largest absolute Gasteiger partial charge is 0.396 e. The van der Waals surface area contributed by atoms with E-state index in [9.17, 15) is 4.79 Å². The Bertz CT molecular complexity index is 211. The molecule has 3 nitrogen and oxygen atoms in total. The van der Waals surface area contributed by atoms with Crippen molar-refractivity contribution < 1.29 is 9.90 Å². The standard InChI is InChI=1S/C10H17NO2/c1-7-2-9(3-7)11-5-8(6-12)4-10(11)13/h7-9,12H,2-6H2,1H3. The number of nitrogens with zero attached hydrogens (tertiary/aromatic N) is 1. The van der Waals surface area contributed by atoms with Crippen molar-refractivity contribution in [2.24, 2.45) is 11.8 Å². The molecule has 1 aliphatic carbocycles. The molecule has 1 saturated carbocycles. The molecular formula is C10H17NO2. The van der Waals surface area contributed by atoms with Gasteiger partial charge in [-0.3, -0.25) is 4.79 Å². The van der Waals surface area contributed by atoms with Crippen molar-refractivity contribution in [1.82, 2.24) is 4.90 Å². The Balaban J connectivity index is 1.90. The van der Waals surface area contributed by atoms with Crippen LogP contribution in [0.5, 0.6) is 0 Å². The van der Waals surface area contributed by atoms with Crippen LogP contribution in [0.2, 0.25) is 0 Å². The van der Waals surface area contributed by atoms with Gasteiger partial charge in [-0.25, -0.2) is 0 Å². The van der Waals surface area contributed by atoms with Crippen LogP contribution in [-0.4, -0.2) is 35.1 Å². The maximum absolute atomic E-state index is 11.5. The molecule has 2 rings (SSSR count). The average Bonchev–Trinajstić information content (AvgIpc) is 2.41. The Morgan fingerprint density at radius 2 is 2.23 bits per heavy atom. The number of carbonyl (C=O) groups excluding carboxylic acids is 1. The summed E-state index contributed by atoms with van der Waals surface area (Å²) in [4.78, 5) is 13.5. The van der Waals surface area contributed by atoms with E-state index < -0.39 is 0 Å². The normalized spacial score (nSPS) is 39.4. The summed E-state index contributed by atoms with van der Waals surface area (Å²) in [6.07, 6.45) is 2.87. The van der Waals surface area contributed by atoms with E-state index in [1.54, 1.807) is 0 Å². The van der Waals surface area contributed by atoms with Crippen molar-refractivity contribution in [3.8, 4) is 0 Å². The number of aliphatic hydroxyl groups is 1. The van der Waals surface area contributed by atoms with Crippen LogP contribution in [0.25, 0.3) is 0 Å². The molecule has 1 N–H and O–H groups in total. The molecule has 1 aliphatic heterocycles. The molecular weight excluding hydrogens is 166 g/mol. The molecule has 1 saturated heterocycles. The van der Waals surface area contributed by atoms with E-state index in [4.69, 9.17) is 5.11 Å². The Morgan fingerprint density at radius 1 is 1.54 bits per heavy atom. The van der Waals surface area contributed by atoms with Crippen LogP contribution in [0.15, 0.2) is 0 Å². The molecule has 2 aliphatic rings. The number of carbonyl (C=O) groups is 1. The number of rotatable bonds is 2. The highest BCUT2D eigenvalue weighted by molar-refractivity contribution is 5.79. The van der Waals surface area contributed by atoms with E-state index in [2.05, 4.69) is 6.92 Å². The van der Waals surface area contributed by atoms with E-state index >= 15 is 0 Å². The molecule has 1 unspecified atom stereocenters. The van der Waals surface area contributed by atoms with Gasteiger partial charge < -0.3 is 10.0 Å². The SMILES string of the molecule is CC1CC(N2CC(CO)CC2=O)C1. The van der Waals surface area contributed by atoms with Gasteiger partial charge in [0.2, 0.25) is 5.91 Å². The topological polar surface area (TPSA) is 40.5 Å². The highest BCUT2D eigenvalue weighted by atomic mass is 16.3. The molecule has 0 radical (unpaired) electrons. The minimum absolute atomic E-state index is 0.157. The fraction of sp³-hybridized carbons (Fsp3) is 0.900. The summed E-state index contributed by atoms with van der Waals surface area (Å²) >= 11 is 0. The van der Waals surface area contributed by atoms with Crippen LogP contribution < -0.4 is 0 Å². The fourth-order valence-electron chi connectivity index (χ4n) is 2.40. The molecule has 1 heterocycles. The molecule has 3 heteroatoms. The summed E-state index contributed by atoms with van der Waals surface area (Å²) in [7, 11) is 0. The summed E-state index contributed by atoms with van der Waals surface area (Å²) in [5.41, 5.74) is 0. The van der Waals surface area contributed by atoms with Crippen LogP contribution >= 0.6 is 0 Å². The van der Waals surface area contributed by atoms with E-state index in [0.717, 1.165) is 25.3 Å². The van der Waals surface area contributed by atoms with Gasteiger partial charge in [0.25, 0.3) is 0 Å². The molecule has 0 aromatic rings. The second-order valence-corrected chi connectivity index (χ2v) is 4.53. The summed E-state index contributed by atoms with van der Waals surface area (Å²) in [6.45, 7) is 3.16. The third kappa shape index (κ3) is 1.57. The molecule has 1 amide bonds. The highest BCUT2D eigenvalue weighted by Gasteiger charge is 2.38. The number of aliphatic hydroxyl groups excluding tert-OH is 1. The number of hydrogen-bond acceptors (Lipinski definition) is 2. The smallest absolute Gasteiger partial charge is 0.223 e. The minimum Gasteiger partial charge on any atom is -0.396 e.